The van der Waals surface area contributed by atoms with E-state index in [4.69, 9.17) is 18.6 Å². The maximum Gasteiger partial charge on any atom is 0.336 e. The number of rotatable bonds is 6. The Labute approximate surface area is 134 Å². The molecule has 0 aliphatic carbocycles. The molecule has 1 N–H and O–H groups in total. The zero-order valence-corrected chi connectivity index (χ0v) is 14.0. The third kappa shape index (κ3) is 3.33. The Kier molecular flexibility index (Phi) is 4.97. The molecule has 1 aromatic carbocycles. The second-order valence-corrected chi connectivity index (χ2v) is 5.67. The van der Waals surface area contributed by atoms with Gasteiger partial charge in [0, 0.05) is 31.2 Å². The second kappa shape index (κ2) is 6.60. The molecule has 0 aliphatic rings. The van der Waals surface area contributed by atoms with Crippen molar-refractivity contribution in [1.29, 1.82) is 0 Å². The number of aliphatic hydroxyl groups is 1. The quantitative estimate of drug-likeness (QED) is 0.821. The van der Waals surface area contributed by atoms with Gasteiger partial charge in [0.15, 0.2) is 0 Å². The van der Waals surface area contributed by atoms with Crippen molar-refractivity contribution in [3.05, 3.63) is 34.2 Å². The molecule has 0 bridgehead atoms. The molecule has 1 heterocycles. The van der Waals surface area contributed by atoms with Crippen molar-refractivity contribution in [3.8, 4) is 11.5 Å². The van der Waals surface area contributed by atoms with Crippen LogP contribution in [-0.4, -0.2) is 38.1 Å². The molecule has 0 saturated heterocycles. The van der Waals surface area contributed by atoms with Gasteiger partial charge in [0.2, 0.25) is 0 Å². The maximum absolute atomic E-state index is 11.7. The highest BCUT2D eigenvalue weighted by Crippen LogP contribution is 2.37. The summed E-state index contributed by atoms with van der Waals surface area (Å²) in [5.41, 5.74) is -0.710. The normalized spacial score (nSPS) is 15.2. The van der Waals surface area contributed by atoms with Gasteiger partial charge in [0.05, 0.1) is 31.3 Å². The second-order valence-electron chi connectivity index (χ2n) is 5.67. The van der Waals surface area contributed by atoms with Crippen molar-refractivity contribution in [2.45, 2.75) is 32.0 Å². The summed E-state index contributed by atoms with van der Waals surface area (Å²) in [5.74, 6) is 1.01. The smallest absolute Gasteiger partial charge is 0.336 e. The molecule has 23 heavy (non-hydrogen) atoms. The summed E-state index contributed by atoms with van der Waals surface area (Å²) in [6.45, 7) is 3.44. The fourth-order valence-electron chi connectivity index (χ4n) is 2.50. The van der Waals surface area contributed by atoms with Crippen LogP contribution in [0.25, 0.3) is 11.0 Å². The summed E-state index contributed by atoms with van der Waals surface area (Å²) in [4.78, 5) is 11.7. The molecule has 0 aliphatic heterocycles. The molecule has 0 fully saturated rings. The van der Waals surface area contributed by atoms with Crippen LogP contribution in [0.5, 0.6) is 11.5 Å². The molecule has 2 aromatic rings. The monoisotopic (exact) mass is 322 g/mol. The van der Waals surface area contributed by atoms with E-state index in [-0.39, 0.29) is 6.42 Å². The Hall–Kier alpha value is -2.05. The van der Waals surface area contributed by atoms with Gasteiger partial charge in [-0.25, -0.2) is 4.79 Å². The van der Waals surface area contributed by atoms with Gasteiger partial charge in [-0.1, -0.05) is 0 Å². The van der Waals surface area contributed by atoms with Gasteiger partial charge < -0.3 is 23.7 Å². The van der Waals surface area contributed by atoms with E-state index < -0.39 is 17.3 Å². The zero-order chi connectivity index (χ0) is 17.2. The SMILES string of the molecule is COc1cc(OC)c2ccc(=O)oc2c1C[C@](C)(O)C(C)OC. The van der Waals surface area contributed by atoms with E-state index in [0.717, 1.165) is 0 Å². The zero-order valence-electron chi connectivity index (χ0n) is 14.0. The number of fused-ring (bicyclic) bond motifs is 1. The highest BCUT2D eigenvalue weighted by molar-refractivity contribution is 5.88. The Morgan fingerprint density at radius 2 is 1.87 bits per heavy atom. The molecule has 6 nitrogen and oxygen atoms in total. The highest BCUT2D eigenvalue weighted by atomic mass is 16.5. The van der Waals surface area contributed by atoms with E-state index >= 15 is 0 Å². The first-order valence-corrected chi connectivity index (χ1v) is 7.27. The van der Waals surface area contributed by atoms with Crippen LogP contribution in [0.2, 0.25) is 0 Å². The van der Waals surface area contributed by atoms with Gasteiger partial charge in [-0.15, -0.1) is 0 Å². The minimum atomic E-state index is -1.17. The third-order valence-corrected chi connectivity index (χ3v) is 4.14. The minimum Gasteiger partial charge on any atom is -0.496 e. The first kappa shape index (κ1) is 17.3. The summed E-state index contributed by atoms with van der Waals surface area (Å²) in [7, 11) is 4.57. The summed E-state index contributed by atoms with van der Waals surface area (Å²) < 4.78 is 21.3. The Morgan fingerprint density at radius 3 is 2.43 bits per heavy atom. The van der Waals surface area contributed by atoms with Crippen LogP contribution < -0.4 is 15.1 Å². The van der Waals surface area contributed by atoms with Gasteiger partial charge >= 0.3 is 5.63 Å². The first-order valence-electron chi connectivity index (χ1n) is 7.27. The average Bonchev–Trinajstić information content (AvgIpc) is 2.54. The van der Waals surface area contributed by atoms with Crippen molar-refractivity contribution in [1.82, 2.24) is 0 Å². The van der Waals surface area contributed by atoms with E-state index in [0.29, 0.717) is 28.0 Å². The van der Waals surface area contributed by atoms with E-state index in [1.165, 1.54) is 27.4 Å². The number of hydrogen-bond donors (Lipinski definition) is 1. The number of benzene rings is 1. The van der Waals surface area contributed by atoms with Crippen LogP contribution in [0.4, 0.5) is 0 Å². The minimum absolute atomic E-state index is 0.193. The van der Waals surface area contributed by atoms with E-state index in [1.807, 2.05) is 0 Å². The fourth-order valence-corrected chi connectivity index (χ4v) is 2.50. The van der Waals surface area contributed by atoms with Crippen molar-refractivity contribution >= 4 is 11.0 Å². The number of hydrogen-bond acceptors (Lipinski definition) is 6. The summed E-state index contributed by atoms with van der Waals surface area (Å²) >= 11 is 0. The lowest BCUT2D eigenvalue weighted by molar-refractivity contribution is -0.0717. The molecule has 1 unspecified atom stereocenters. The Balaban J connectivity index is 2.70. The molecule has 0 amide bonds. The molecular weight excluding hydrogens is 300 g/mol. The van der Waals surface area contributed by atoms with Crippen molar-refractivity contribution in [2.24, 2.45) is 0 Å². The largest absolute Gasteiger partial charge is 0.496 e. The van der Waals surface area contributed by atoms with Gasteiger partial charge in [0.1, 0.15) is 17.1 Å². The van der Waals surface area contributed by atoms with Crippen LogP contribution in [0.3, 0.4) is 0 Å². The molecule has 126 valence electrons. The van der Waals surface area contributed by atoms with Crippen LogP contribution in [-0.2, 0) is 11.2 Å². The summed E-state index contributed by atoms with van der Waals surface area (Å²) in [5, 5.41) is 11.3. The van der Waals surface area contributed by atoms with Crippen LogP contribution in [0, 0.1) is 0 Å². The van der Waals surface area contributed by atoms with Crippen LogP contribution in [0.1, 0.15) is 19.4 Å². The molecular formula is C17H22O6. The van der Waals surface area contributed by atoms with Crippen LogP contribution >= 0.6 is 0 Å². The molecule has 0 radical (unpaired) electrons. The predicted octanol–water partition coefficient (Wildman–Crippen LogP) is 2.14. The standard InChI is InChI=1S/C17H22O6/c1-10(20-3)17(2,19)9-12-14(22-5)8-13(21-4)11-6-7-15(18)23-16(11)12/h6-8,10,19H,9H2,1-5H3/t10?,17-/m0/s1. The van der Waals surface area contributed by atoms with Gasteiger partial charge in [0.25, 0.3) is 0 Å². The highest BCUT2D eigenvalue weighted by Gasteiger charge is 2.32. The van der Waals surface area contributed by atoms with E-state index in [9.17, 15) is 9.90 Å². The number of ether oxygens (including phenoxy) is 3. The van der Waals surface area contributed by atoms with Gasteiger partial charge in [-0.05, 0) is 19.9 Å². The lowest BCUT2D eigenvalue weighted by Gasteiger charge is -2.30. The average molecular weight is 322 g/mol. The summed E-state index contributed by atoms with van der Waals surface area (Å²) in [6.07, 6.45) is -0.224. The maximum atomic E-state index is 11.7. The number of methoxy groups -OCH3 is 3. The molecule has 2 rings (SSSR count). The van der Waals surface area contributed by atoms with Crippen molar-refractivity contribution in [2.75, 3.05) is 21.3 Å². The Bertz CT molecular complexity index is 747. The van der Waals surface area contributed by atoms with Crippen LogP contribution in [0.15, 0.2) is 27.4 Å². The van der Waals surface area contributed by atoms with Gasteiger partial charge in [-0.2, -0.15) is 0 Å². The van der Waals surface area contributed by atoms with Crippen molar-refractivity contribution < 1.29 is 23.7 Å². The van der Waals surface area contributed by atoms with E-state index in [2.05, 4.69) is 0 Å². The Morgan fingerprint density at radius 1 is 1.22 bits per heavy atom. The van der Waals surface area contributed by atoms with E-state index in [1.54, 1.807) is 26.0 Å². The lowest BCUT2D eigenvalue weighted by Crippen LogP contribution is -2.40. The molecule has 0 saturated carbocycles. The molecule has 1 aromatic heterocycles. The summed E-state index contributed by atoms with van der Waals surface area (Å²) in [6, 6.07) is 4.68. The topological polar surface area (TPSA) is 78.1 Å². The molecule has 2 atom stereocenters. The fraction of sp³-hybridized carbons (Fsp3) is 0.471. The molecule has 0 spiro atoms. The first-order chi connectivity index (χ1) is 10.8. The van der Waals surface area contributed by atoms with Gasteiger partial charge in [-0.3, -0.25) is 0 Å². The lowest BCUT2D eigenvalue weighted by atomic mass is 9.90. The third-order valence-electron chi connectivity index (χ3n) is 4.14. The van der Waals surface area contributed by atoms with Crippen molar-refractivity contribution in [3.63, 3.8) is 0 Å². The predicted molar refractivity (Wildman–Crippen MR) is 86.4 cm³/mol. The molecule has 6 heteroatoms.